The van der Waals surface area contributed by atoms with Crippen LogP contribution in [0.2, 0.25) is 0 Å². The van der Waals surface area contributed by atoms with Crippen LogP contribution in [0, 0.1) is 0 Å². The van der Waals surface area contributed by atoms with Crippen LogP contribution in [0.3, 0.4) is 0 Å². The highest BCUT2D eigenvalue weighted by molar-refractivity contribution is 5.83. The minimum Gasteiger partial charge on any atom is -0.481 e. The Morgan fingerprint density at radius 1 is 1.25 bits per heavy atom. The van der Waals surface area contributed by atoms with Crippen molar-refractivity contribution >= 4 is 18.0 Å². The highest BCUT2D eigenvalue weighted by atomic mass is 16.4. The second-order valence-electron chi connectivity index (χ2n) is 4.77. The number of aliphatic hydroxyl groups excluding tert-OH is 1. The van der Waals surface area contributed by atoms with Gasteiger partial charge >= 0.3 is 18.0 Å². The number of carboxylic acid groups (broad SMARTS) is 2. The van der Waals surface area contributed by atoms with Crippen molar-refractivity contribution in [3.63, 3.8) is 0 Å². The van der Waals surface area contributed by atoms with Gasteiger partial charge in [-0.2, -0.15) is 0 Å². The van der Waals surface area contributed by atoms with Crippen molar-refractivity contribution in [1.29, 1.82) is 0 Å². The second-order valence-corrected chi connectivity index (χ2v) is 4.77. The average molecular weight is 288 g/mol. The van der Waals surface area contributed by atoms with E-state index in [0.717, 1.165) is 19.3 Å². The number of urea groups is 1. The van der Waals surface area contributed by atoms with Crippen molar-refractivity contribution in [3.8, 4) is 0 Å². The normalized spacial score (nSPS) is 16.1. The van der Waals surface area contributed by atoms with E-state index in [-0.39, 0.29) is 32.0 Å². The molecule has 20 heavy (non-hydrogen) atoms. The number of nitrogens with zero attached hydrogens (tertiary/aromatic N) is 1. The summed E-state index contributed by atoms with van der Waals surface area (Å²) in [5.74, 6) is -2.38. The Morgan fingerprint density at radius 3 is 2.30 bits per heavy atom. The van der Waals surface area contributed by atoms with Gasteiger partial charge in [-0.1, -0.05) is 0 Å². The molecule has 1 aliphatic carbocycles. The lowest BCUT2D eigenvalue weighted by Crippen LogP contribution is -2.54. The monoisotopic (exact) mass is 288 g/mol. The number of hydrogen-bond acceptors (Lipinski definition) is 4. The van der Waals surface area contributed by atoms with E-state index in [1.807, 2.05) is 0 Å². The van der Waals surface area contributed by atoms with E-state index >= 15 is 0 Å². The molecule has 8 nitrogen and oxygen atoms in total. The van der Waals surface area contributed by atoms with Gasteiger partial charge in [0.1, 0.15) is 6.04 Å². The van der Waals surface area contributed by atoms with E-state index in [1.165, 1.54) is 4.90 Å². The molecule has 0 aliphatic heterocycles. The maximum absolute atomic E-state index is 12.0. The zero-order chi connectivity index (χ0) is 15.1. The van der Waals surface area contributed by atoms with Gasteiger partial charge < -0.3 is 25.5 Å². The molecule has 0 aromatic heterocycles. The Balaban J connectivity index is 2.57. The molecular formula is C12H20N2O6. The Hall–Kier alpha value is -1.83. The number of nitrogens with one attached hydrogen (secondary N) is 1. The van der Waals surface area contributed by atoms with Crippen molar-refractivity contribution in [2.24, 2.45) is 0 Å². The lowest BCUT2D eigenvalue weighted by atomic mass is 9.91. The number of hydrogen-bond donors (Lipinski definition) is 4. The third-order valence-electron chi connectivity index (χ3n) is 3.36. The van der Waals surface area contributed by atoms with Crippen molar-refractivity contribution < 1.29 is 29.7 Å². The predicted octanol–water partition coefficient (Wildman–Crippen LogP) is -0.139. The van der Waals surface area contributed by atoms with Gasteiger partial charge in [0.15, 0.2) is 0 Å². The van der Waals surface area contributed by atoms with Crippen LogP contribution in [-0.4, -0.2) is 63.4 Å². The number of rotatable bonds is 8. The summed E-state index contributed by atoms with van der Waals surface area (Å²) in [6.45, 7) is -0.0570. The summed E-state index contributed by atoms with van der Waals surface area (Å²) in [5, 5.41) is 28.8. The molecule has 0 radical (unpaired) electrons. The molecule has 1 fully saturated rings. The summed E-state index contributed by atoms with van der Waals surface area (Å²) in [7, 11) is 0. The summed E-state index contributed by atoms with van der Waals surface area (Å²) < 4.78 is 0. The second kappa shape index (κ2) is 7.68. The van der Waals surface area contributed by atoms with E-state index in [0.29, 0.717) is 0 Å². The number of amides is 2. The molecular weight excluding hydrogens is 268 g/mol. The Labute approximate surface area is 116 Å². The number of carbonyl (C=O) groups is 3. The largest absolute Gasteiger partial charge is 0.481 e. The molecule has 0 unspecified atom stereocenters. The van der Waals surface area contributed by atoms with Crippen LogP contribution in [0.1, 0.15) is 32.1 Å². The highest BCUT2D eigenvalue weighted by Gasteiger charge is 2.30. The molecule has 0 heterocycles. The van der Waals surface area contributed by atoms with Gasteiger partial charge in [-0.3, -0.25) is 4.79 Å². The molecule has 114 valence electrons. The Morgan fingerprint density at radius 2 is 1.90 bits per heavy atom. The zero-order valence-electron chi connectivity index (χ0n) is 11.1. The lowest BCUT2D eigenvalue weighted by molar-refractivity contribution is -0.140. The fourth-order valence-corrected chi connectivity index (χ4v) is 2.01. The molecule has 0 aromatic rings. The maximum atomic E-state index is 12.0. The van der Waals surface area contributed by atoms with Crippen molar-refractivity contribution in [2.45, 2.75) is 44.2 Å². The topological polar surface area (TPSA) is 127 Å². The standard InChI is InChI=1S/C12H20N2O6/c15-7-6-14(8-2-1-3-8)12(20)13-9(11(18)19)4-5-10(16)17/h8-9,15H,1-7H2,(H,13,20)(H,16,17)(H,18,19)/t9-/m0/s1. The minimum atomic E-state index is -1.27. The van der Waals surface area contributed by atoms with Crippen LogP contribution in [0.15, 0.2) is 0 Å². The summed E-state index contributed by atoms with van der Waals surface area (Å²) in [6.07, 6.45) is 2.16. The number of carboxylic acids is 2. The molecule has 1 aliphatic rings. The van der Waals surface area contributed by atoms with E-state index in [9.17, 15) is 14.4 Å². The molecule has 0 spiro atoms. The molecule has 1 rings (SSSR count). The quantitative estimate of drug-likeness (QED) is 0.492. The van der Waals surface area contributed by atoms with Gasteiger partial charge in [0.2, 0.25) is 0 Å². The third-order valence-corrected chi connectivity index (χ3v) is 3.36. The van der Waals surface area contributed by atoms with E-state index in [2.05, 4.69) is 5.32 Å². The van der Waals surface area contributed by atoms with Gasteiger partial charge in [0, 0.05) is 19.0 Å². The van der Waals surface area contributed by atoms with E-state index in [4.69, 9.17) is 15.3 Å². The first kappa shape index (κ1) is 16.2. The van der Waals surface area contributed by atoms with Gasteiger partial charge in [-0.05, 0) is 25.7 Å². The number of aliphatic carboxylic acids is 2. The summed E-state index contributed by atoms with van der Waals surface area (Å²) >= 11 is 0. The SMILES string of the molecule is O=C(O)CC[C@H](NC(=O)N(CCO)C1CCC1)C(=O)O. The van der Waals surface area contributed by atoms with Gasteiger partial charge in [0.25, 0.3) is 0 Å². The first-order chi connectivity index (χ1) is 9.45. The van der Waals surface area contributed by atoms with E-state index < -0.39 is 24.0 Å². The number of aliphatic hydroxyl groups is 1. The summed E-state index contributed by atoms with van der Waals surface area (Å²) in [6, 6.07) is -1.78. The first-order valence-corrected chi connectivity index (χ1v) is 6.58. The van der Waals surface area contributed by atoms with Crippen LogP contribution in [0.5, 0.6) is 0 Å². The van der Waals surface area contributed by atoms with Crippen LogP contribution >= 0.6 is 0 Å². The zero-order valence-corrected chi connectivity index (χ0v) is 11.1. The lowest BCUT2D eigenvalue weighted by Gasteiger charge is -2.37. The van der Waals surface area contributed by atoms with E-state index in [1.54, 1.807) is 0 Å². The molecule has 2 amide bonds. The number of carbonyl (C=O) groups excluding carboxylic acids is 1. The minimum absolute atomic E-state index is 0.0241. The molecule has 0 aromatic carbocycles. The highest BCUT2D eigenvalue weighted by Crippen LogP contribution is 2.24. The van der Waals surface area contributed by atoms with Gasteiger partial charge in [-0.25, -0.2) is 9.59 Å². The van der Waals surface area contributed by atoms with Crippen LogP contribution in [0.4, 0.5) is 4.79 Å². The first-order valence-electron chi connectivity index (χ1n) is 6.58. The van der Waals surface area contributed by atoms with Gasteiger partial charge in [0.05, 0.1) is 6.61 Å². The van der Waals surface area contributed by atoms with Crippen molar-refractivity contribution in [2.75, 3.05) is 13.2 Å². The Bertz CT molecular complexity index is 369. The smallest absolute Gasteiger partial charge is 0.326 e. The fourth-order valence-electron chi connectivity index (χ4n) is 2.01. The predicted molar refractivity (Wildman–Crippen MR) is 68.3 cm³/mol. The summed E-state index contributed by atoms with van der Waals surface area (Å²) in [5.41, 5.74) is 0. The molecule has 4 N–H and O–H groups in total. The van der Waals surface area contributed by atoms with Crippen LogP contribution in [-0.2, 0) is 9.59 Å². The molecule has 0 bridgehead atoms. The third kappa shape index (κ3) is 4.69. The van der Waals surface area contributed by atoms with Crippen LogP contribution < -0.4 is 5.32 Å². The maximum Gasteiger partial charge on any atom is 0.326 e. The van der Waals surface area contributed by atoms with Crippen LogP contribution in [0.25, 0.3) is 0 Å². The average Bonchev–Trinajstić information content (AvgIpc) is 2.30. The van der Waals surface area contributed by atoms with Gasteiger partial charge in [-0.15, -0.1) is 0 Å². The molecule has 1 saturated carbocycles. The molecule has 8 heteroatoms. The molecule has 0 saturated heterocycles. The Kier molecular flexibility index (Phi) is 6.23. The van der Waals surface area contributed by atoms with Crippen molar-refractivity contribution in [1.82, 2.24) is 10.2 Å². The van der Waals surface area contributed by atoms with Crippen molar-refractivity contribution in [3.05, 3.63) is 0 Å². The fraction of sp³-hybridized carbons (Fsp3) is 0.750. The molecule has 1 atom stereocenters. The summed E-state index contributed by atoms with van der Waals surface area (Å²) in [4.78, 5) is 34.9.